The quantitative estimate of drug-likeness (QED) is 0.298. The molecule has 170 valence electrons. The van der Waals surface area contributed by atoms with E-state index in [0.717, 1.165) is 10.0 Å². The van der Waals surface area contributed by atoms with Crippen LogP contribution < -0.4 is 10.0 Å². The van der Waals surface area contributed by atoms with E-state index in [1.807, 2.05) is 6.92 Å². The lowest BCUT2D eigenvalue weighted by atomic mass is 9.98. The summed E-state index contributed by atoms with van der Waals surface area (Å²) in [5.74, 6) is -1.28. The summed E-state index contributed by atoms with van der Waals surface area (Å²) in [6.45, 7) is 3.55. The zero-order chi connectivity index (χ0) is 24.1. The second-order valence-corrected chi connectivity index (χ2v) is 10.0. The number of hydrogen-bond donors (Lipinski definition) is 2. The number of ketones is 1. The van der Waals surface area contributed by atoms with Crippen LogP contribution >= 0.6 is 15.9 Å². The first-order valence-corrected chi connectivity index (χ1v) is 12.1. The van der Waals surface area contributed by atoms with Crippen molar-refractivity contribution in [1.29, 1.82) is 0 Å². The molecule has 33 heavy (non-hydrogen) atoms. The summed E-state index contributed by atoms with van der Waals surface area (Å²) in [4.78, 5) is 27.2. The third-order valence-corrected chi connectivity index (χ3v) is 7.17. The largest absolute Gasteiger partial charge is 0.507 e. The van der Waals surface area contributed by atoms with E-state index in [0.29, 0.717) is 11.3 Å². The third-order valence-electron chi connectivity index (χ3n) is 5.35. The summed E-state index contributed by atoms with van der Waals surface area (Å²) in [5.41, 5.74) is 1.31. The number of rotatable bonds is 4. The van der Waals surface area contributed by atoms with Gasteiger partial charge in [0.15, 0.2) is 0 Å². The molecule has 0 spiro atoms. The van der Waals surface area contributed by atoms with Crippen LogP contribution in [0.1, 0.15) is 28.7 Å². The maximum atomic E-state index is 13.1. The highest BCUT2D eigenvalue weighted by atomic mass is 79.9. The van der Waals surface area contributed by atoms with Gasteiger partial charge in [-0.15, -0.1) is 0 Å². The fourth-order valence-corrected chi connectivity index (χ4v) is 4.47. The highest BCUT2D eigenvalue weighted by Gasteiger charge is 2.48. The molecule has 2 aromatic carbocycles. The van der Waals surface area contributed by atoms with Gasteiger partial charge in [0.2, 0.25) is 10.0 Å². The molecule has 0 bridgehead atoms. The van der Waals surface area contributed by atoms with Gasteiger partial charge in [-0.3, -0.25) is 14.5 Å². The lowest BCUT2D eigenvalue weighted by molar-refractivity contribution is -0.132. The zero-order valence-corrected chi connectivity index (χ0v) is 20.0. The number of halogens is 1. The van der Waals surface area contributed by atoms with Crippen molar-refractivity contribution in [3.05, 3.63) is 87.3 Å². The molecule has 1 saturated heterocycles. The van der Waals surface area contributed by atoms with Crippen LogP contribution in [-0.4, -0.2) is 25.2 Å². The van der Waals surface area contributed by atoms with Crippen LogP contribution in [0.2, 0.25) is 0 Å². The molecular weight excluding hydrogens is 512 g/mol. The number of primary sulfonamides is 1. The SMILES string of the molecule is Cc1ccc(C2/C(=C(/O)c3ccc(Br)c(C)c3)C(=O)C(=O)N2c2ccc(S(N)(=O)=O)cc2)o1. The molecule has 3 N–H and O–H groups in total. The Kier molecular flexibility index (Phi) is 5.77. The van der Waals surface area contributed by atoms with Gasteiger partial charge in [0.25, 0.3) is 11.7 Å². The minimum atomic E-state index is -3.94. The van der Waals surface area contributed by atoms with Gasteiger partial charge < -0.3 is 9.52 Å². The van der Waals surface area contributed by atoms with E-state index in [1.165, 1.54) is 29.2 Å². The molecule has 1 aliphatic heterocycles. The van der Waals surface area contributed by atoms with Crippen LogP contribution in [0, 0.1) is 13.8 Å². The number of carbonyl (C=O) groups is 2. The number of aliphatic hydroxyl groups is 1. The van der Waals surface area contributed by atoms with Crippen molar-refractivity contribution >= 4 is 49.1 Å². The number of furan rings is 1. The highest BCUT2D eigenvalue weighted by Crippen LogP contribution is 2.43. The standard InChI is InChI=1S/C23H19BrN2O6S/c1-12-11-14(4-9-17(12)24)21(27)19-20(18-10-3-13(2)32-18)26(23(29)22(19)28)15-5-7-16(8-6-15)33(25,30)31/h3-11,20,27H,1-2H3,(H2,25,30,31)/b21-19-. The van der Waals surface area contributed by atoms with Gasteiger partial charge in [0.1, 0.15) is 23.3 Å². The number of aryl methyl sites for hydroxylation is 2. The fourth-order valence-electron chi connectivity index (χ4n) is 3.71. The Balaban J connectivity index is 1.91. The summed E-state index contributed by atoms with van der Waals surface area (Å²) in [6, 6.07) is 12.5. The number of aliphatic hydroxyl groups excluding tert-OH is 1. The van der Waals surface area contributed by atoms with E-state index in [2.05, 4.69) is 15.9 Å². The van der Waals surface area contributed by atoms with Crippen molar-refractivity contribution in [3.8, 4) is 0 Å². The van der Waals surface area contributed by atoms with Crippen LogP contribution in [0.4, 0.5) is 5.69 Å². The van der Waals surface area contributed by atoms with Gasteiger partial charge in [0, 0.05) is 15.7 Å². The van der Waals surface area contributed by atoms with Crippen LogP contribution in [0.5, 0.6) is 0 Å². The van der Waals surface area contributed by atoms with Crippen LogP contribution in [-0.2, 0) is 19.6 Å². The molecule has 1 amide bonds. The molecule has 1 atom stereocenters. The fraction of sp³-hybridized carbons (Fsp3) is 0.130. The number of nitrogens with two attached hydrogens (primary N) is 1. The lowest BCUT2D eigenvalue weighted by Crippen LogP contribution is -2.29. The molecule has 0 aliphatic carbocycles. The van der Waals surface area contributed by atoms with Crippen molar-refractivity contribution in [2.24, 2.45) is 5.14 Å². The Labute approximate surface area is 198 Å². The number of amides is 1. The minimum absolute atomic E-state index is 0.133. The predicted molar refractivity (Wildman–Crippen MR) is 125 cm³/mol. The van der Waals surface area contributed by atoms with E-state index in [-0.39, 0.29) is 27.7 Å². The summed E-state index contributed by atoms with van der Waals surface area (Å²) >= 11 is 3.40. The number of nitrogens with zero attached hydrogens (tertiary/aromatic N) is 1. The Morgan fingerprint density at radius 1 is 1.06 bits per heavy atom. The van der Waals surface area contributed by atoms with Crippen molar-refractivity contribution in [3.63, 3.8) is 0 Å². The molecule has 2 heterocycles. The van der Waals surface area contributed by atoms with Gasteiger partial charge in [-0.05, 0) is 67.9 Å². The van der Waals surface area contributed by atoms with Crippen LogP contribution in [0.3, 0.4) is 0 Å². The number of hydrogen-bond acceptors (Lipinski definition) is 6. The summed E-state index contributed by atoms with van der Waals surface area (Å²) in [7, 11) is -3.94. The Morgan fingerprint density at radius 3 is 2.27 bits per heavy atom. The molecule has 8 nitrogen and oxygen atoms in total. The first-order valence-electron chi connectivity index (χ1n) is 9.76. The number of anilines is 1. The molecule has 1 aliphatic rings. The normalized spacial score (nSPS) is 18.2. The van der Waals surface area contributed by atoms with Gasteiger partial charge in [-0.2, -0.15) is 0 Å². The summed E-state index contributed by atoms with van der Waals surface area (Å²) < 4.78 is 29.8. The van der Waals surface area contributed by atoms with Gasteiger partial charge in [0.05, 0.1) is 10.5 Å². The molecule has 10 heteroatoms. The van der Waals surface area contributed by atoms with Crippen molar-refractivity contribution in [2.45, 2.75) is 24.8 Å². The third kappa shape index (κ3) is 4.12. The topological polar surface area (TPSA) is 131 Å². The van der Waals surface area contributed by atoms with E-state index in [9.17, 15) is 23.1 Å². The Morgan fingerprint density at radius 2 is 1.73 bits per heavy atom. The molecule has 1 aromatic heterocycles. The first-order chi connectivity index (χ1) is 15.5. The molecule has 1 fully saturated rings. The highest BCUT2D eigenvalue weighted by molar-refractivity contribution is 9.10. The lowest BCUT2D eigenvalue weighted by Gasteiger charge is -2.23. The van der Waals surface area contributed by atoms with Gasteiger partial charge >= 0.3 is 0 Å². The molecule has 0 saturated carbocycles. The monoisotopic (exact) mass is 530 g/mol. The average Bonchev–Trinajstić information content (AvgIpc) is 3.30. The van der Waals surface area contributed by atoms with Gasteiger partial charge in [-0.1, -0.05) is 22.0 Å². The molecule has 0 radical (unpaired) electrons. The van der Waals surface area contributed by atoms with E-state index < -0.39 is 27.8 Å². The Hall–Kier alpha value is -3.21. The van der Waals surface area contributed by atoms with Crippen LogP contribution in [0.25, 0.3) is 5.76 Å². The van der Waals surface area contributed by atoms with Crippen molar-refractivity contribution < 1.29 is 27.5 Å². The second kappa shape index (κ2) is 8.29. The zero-order valence-electron chi connectivity index (χ0n) is 17.6. The maximum absolute atomic E-state index is 13.1. The molecule has 4 rings (SSSR count). The summed E-state index contributed by atoms with van der Waals surface area (Å²) in [5, 5.41) is 16.3. The second-order valence-electron chi connectivity index (χ2n) is 7.62. The van der Waals surface area contributed by atoms with Crippen molar-refractivity contribution in [1.82, 2.24) is 0 Å². The van der Waals surface area contributed by atoms with E-state index >= 15 is 0 Å². The molecule has 3 aromatic rings. The van der Waals surface area contributed by atoms with Gasteiger partial charge in [-0.25, -0.2) is 13.6 Å². The predicted octanol–water partition coefficient (Wildman–Crippen LogP) is 3.93. The first kappa shape index (κ1) is 23.0. The number of benzene rings is 2. The number of sulfonamides is 1. The number of carbonyl (C=O) groups excluding carboxylic acids is 2. The minimum Gasteiger partial charge on any atom is -0.507 e. The Bertz CT molecular complexity index is 1420. The smallest absolute Gasteiger partial charge is 0.300 e. The molecule has 1 unspecified atom stereocenters. The summed E-state index contributed by atoms with van der Waals surface area (Å²) in [6.07, 6.45) is 0. The molecular formula is C23H19BrN2O6S. The number of Topliss-reactive ketones (excluding diaryl/α,β-unsaturated/α-hetero) is 1. The average molecular weight is 531 g/mol. The van der Waals surface area contributed by atoms with Crippen LogP contribution in [0.15, 0.2) is 74.0 Å². The van der Waals surface area contributed by atoms with E-state index in [4.69, 9.17) is 9.56 Å². The van der Waals surface area contributed by atoms with E-state index in [1.54, 1.807) is 37.3 Å². The maximum Gasteiger partial charge on any atom is 0.300 e. The van der Waals surface area contributed by atoms with Crippen molar-refractivity contribution in [2.75, 3.05) is 4.90 Å².